The molecule has 4 rings (SSSR count). The van der Waals surface area contributed by atoms with Gasteiger partial charge in [0.2, 0.25) is 0 Å². The highest BCUT2D eigenvalue weighted by Gasteiger charge is 2.22. The quantitative estimate of drug-likeness (QED) is 0.293. The minimum absolute atomic E-state index is 0.0436. The van der Waals surface area contributed by atoms with Crippen LogP contribution >= 0.6 is 0 Å². The Balaban J connectivity index is 1.99. The van der Waals surface area contributed by atoms with Gasteiger partial charge in [0, 0.05) is 16.7 Å². The number of hydrogen-bond acceptors (Lipinski definition) is 4. The summed E-state index contributed by atoms with van der Waals surface area (Å²) < 4.78 is 7.18. The van der Waals surface area contributed by atoms with Crippen molar-refractivity contribution in [1.82, 2.24) is 15.0 Å². The molecular formula is C24H22N4O2. The van der Waals surface area contributed by atoms with E-state index in [-0.39, 0.29) is 12.5 Å². The van der Waals surface area contributed by atoms with Gasteiger partial charge in [0.1, 0.15) is 18.1 Å². The molecule has 0 spiro atoms. The number of carbonyl (C=O) groups is 1. The maximum atomic E-state index is 12.3. The van der Waals surface area contributed by atoms with Crippen LogP contribution in [-0.4, -0.2) is 22.6 Å². The van der Waals surface area contributed by atoms with Crippen LogP contribution in [0.15, 0.2) is 84.9 Å². The molecule has 0 aliphatic heterocycles. The molecule has 0 saturated heterocycles. The molecule has 6 nitrogen and oxygen atoms in total. The molecule has 0 saturated carbocycles. The van der Waals surface area contributed by atoms with Gasteiger partial charge in [-0.05, 0) is 24.3 Å². The molecule has 3 N–H and O–H groups in total. The number of methoxy groups -OCH3 is 1. The first-order chi connectivity index (χ1) is 14.7. The maximum absolute atomic E-state index is 12.3. The van der Waals surface area contributed by atoms with Gasteiger partial charge in [-0.1, -0.05) is 60.7 Å². The highest BCUT2D eigenvalue weighted by molar-refractivity contribution is 5.84. The van der Waals surface area contributed by atoms with Crippen LogP contribution in [-0.2, 0) is 11.3 Å². The second-order valence-corrected chi connectivity index (χ2v) is 6.75. The van der Waals surface area contributed by atoms with Crippen LogP contribution in [0.2, 0.25) is 0 Å². The summed E-state index contributed by atoms with van der Waals surface area (Å²) in [6.07, 6.45) is 0. The average molecular weight is 398 g/mol. The van der Waals surface area contributed by atoms with Gasteiger partial charge in [0.05, 0.1) is 18.5 Å². The Bertz CT molecular complexity index is 1140. The lowest BCUT2D eigenvalue weighted by molar-refractivity contribution is -0.121. The van der Waals surface area contributed by atoms with Crippen LogP contribution in [0.5, 0.6) is 5.75 Å². The van der Waals surface area contributed by atoms with Crippen molar-refractivity contribution in [3.05, 3.63) is 84.9 Å². The predicted octanol–water partition coefficient (Wildman–Crippen LogP) is 3.88. The summed E-state index contributed by atoms with van der Waals surface area (Å²) in [5, 5.41) is 0. The van der Waals surface area contributed by atoms with E-state index in [1.807, 2.05) is 89.5 Å². The monoisotopic (exact) mass is 398 g/mol. The van der Waals surface area contributed by atoms with E-state index in [0.717, 1.165) is 33.8 Å². The minimum atomic E-state index is -0.307. The molecule has 0 fully saturated rings. The molecule has 1 amide bonds. The van der Waals surface area contributed by atoms with Crippen LogP contribution in [0.3, 0.4) is 0 Å². The number of nitrogens with two attached hydrogens (primary N) is 1. The van der Waals surface area contributed by atoms with Crippen molar-refractivity contribution >= 4 is 5.91 Å². The van der Waals surface area contributed by atoms with Gasteiger partial charge in [-0.3, -0.25) is 10.2 Å². The number of benzene rings is 3. The molecular weight excluding hydrogens is 376 g/mol. The number of aromatic nitrogens is 2. The zero-order chi connectivity index (χ0) is 20.9. The SMILES string of the molecule is COc1ccc(-c2nc(-c3ccccc3)c(-c3ccccc3)n2CC(=O)NN)cc1. The summed E-state index contributed by atoms with van der Waals surface area (Å²) in [4.78, 5) is 17.3. The number of hydrazine groups is 1. The van der Waals surface area contributed by atoms with Gasteiger partial charge < -0.3 is 9.30 Å². The Hall–Kier alpha value is -3.90. The van der Waals surface area contributed by atoms with Crippen LogP contribution in [0, 0.1) is 0 Å². The summed E-state index contributed by atoms with van der Waals surface area (Å²) in [6, 6.07) is 27.5. The van der Waals surface area contributed by atoms with Crippen molar-refractivity contribution < 1.29 is 9.53 Å². The fourth-order valence-electron chi connectivity index (χ4n) is 3.44. The number of nitrogens with zero attached hydrogens (tertiary/aromatic N) is 2. The third-order valence-corrected chi connectivity index (χ3v) is 4.87. The van der Waals surface area contributed by atoms with Crippen molar-refractivity contribution in [1.29, 1.82) is 0 Å². The lowest BCUT2D eigenvalue weighted by Crippen LogP contribution is -2.33. The molecule has 150 valence electrons. The molecule has 0 aliphatic rings. The van der Waals surface area contributed by atoms with E-state index in [9.17, 15) is 4.79 Å². The first kappa shape index (κ1) is 19.4. The van der Waals surface area contributed by atoms with E-state index in [0.29, 0.717) is 5.82 Å². The highest BCUT2D eigenvalue weighted by atomic mass is 16.5. The minimum Gasteiger partial charge on any atom is -0.497 e. The van der Waals surface area contributed by atoms with Crippen LogP contribution in [0.4, 0.5) is 0 Å². The Morgan fingerprint density at radius 3 is 2.07 bits per heavy atom. The van der Waals surface area contributed by atoms with E-state index in [2.05, 4.69) is 5.43 Å². The van der Waals surface area contributed by atoms with Crippen LogP contribution < -0.4 is 16.0 Å². The molecule has 0 bridgehead atoms. The van der Waals surface area contributed by atoms with Gasteiger partial charge in [-0.15, -0.1) is 0 Å². The third kappa shape index (κ3) is 3.81. The first-order valence-electron chi connectivity index (χ1n) is 9.56. The Morgan fingerprint density at radius 2 is 1.50 bits per heavy atom. The number of rotatable bonds is 6. The number of ether oxygens (including phenoxy) is 1. The van der Waals surface area contributed by atoms with Crippen molar-refractivity contribution in [2.75, 3.05) is 7.11 Å². The van der Waals surface area contributed by atoms with Gasteiger partial charge in [-0.25, -0.2) is 10.8 Å². The van der Waals surface area contributed by atoms with E-state index in [4.69, 9.17) is 15.6 Å². The Morgan fingerprint density at radius 1 is 0.900 bits per heavy atom. The number of imidazole rings is 1. The summed E-state index contributed by atoms with van der Waals surface area (Å²) in [5.41, 5.74) is 6.70. The van der Waals surface area contributed by atoms with Crippen LogP contribution in [0.25, 0.3) is 33.9 Å². The number of hydrogen-bond donors (Lipinski definition) is 2. The van der Waals surface area contributed by atoms with E-state index >= 15 is 0 Å². The number of amides is 1. The standard InChI is InChI=1S/C24H22N4O2/c1-30-20-14-12-19(13-15-20)24-26-22(17-8-4-2-5-9-17)23(18-10-6-3-7-11-18)28(24)16-21(29)27-25/h2-15H,16,25H2,1H3,(H,27,29). The zero-order valence-corrected chi connectivity index (χ0v) is 16.6. The lowest BCUT2D eigenvalue weighted by Gasteiger charge is -2.13. The molecule has 30 heavy (non-hydrogen) atoms. The van der Waals surface area contributed by atoms with Gasteiger partial charge in [0.15, 0.2) is 0 Å². The average Bonchev–Trinajstić information content (AvgIpc) is 3.19. The van der Waals surface area contributed by atoms with Crippen molar-refractivity contribution in [3.63, 3.8) is 0 Å². The van der Waals surface area contributed by atoms with Crippen molar-refractivity contribution in [2.45, 2.75) is 6.54 Å². The number of carbonyl (C=O) groups excluding carboxylic acids is 1. The second kappa shape index (κ2) is 8.63. The van der Waals surface area contributed by atoms with Gasteiger partial charge in [-0.2, -0.15) is 0 Å². The van der Waals surface area contributed by atoms with Crippen molar-refractivity contribution in [2.24, 2.45) is 5.84 Å². The molecule has 4 aromatic rings. The second-order valence-electron chi connectivity index (χ2n) is 6.75. The van der Waals surface area contributed by atoms with E-state index in [1.165, 1.54) is 0 Å². The van der Waals surface area contributed by atoms with Gasteiger partial charge in [0.25, 0.3) is 5.91 Å². The largest absolute Gasteiger partial charge is 0.497 e. The molecule has 3 aromatic carbocycles. The maximum Gasteiger partial charge on any atom is 0.253 e. The molecule has 0 atom stereocenters. The summed E-state index contributed by atoms with van der Waals surface area (Å²) in [5.74, 6) is 6.53. The highest BCUT2D eigenvalue weighted by Crippen LogP contribution is 2.36. The normalized spacial score (nSPS) is 10.6. The predicted molar refractivity (Wildman–Crippen MR) is 117 cm³/mol. The molecule has 1 heterocycles. The first-order valence-corrected chi connectivity index (χ1v) is 9.56. The fourth-order valence-corrected chi connectivity index (χ4v) is 3.44. The molecule has 0 unspecified atom stereocenters. The Labute approximate surface area is 174 Å². The lowest BCUT2D eigenvalue weighted by atomic mass is 10.0. The van der Waals surface area contributed by atoms with E-state index in [1.54, 1.807) is 7.11 Å². The third-order valence-electron chi connectivity index (χ3n) is 4.87. The molecule has 1 aromatic heterocycles. The van der Waals surface area contributed by atoms with E-state index < -0.39 is 0 Å². The van der Waals surface area contributed by atoms with Gasteiger partial charge >= 0.3 is 0 Å². The summed E-state index contributed by atoms with van der Waals surface area (Å²) in [7, 11) is 1.63. The number of nitrogens with one attached hydrogen (secondary N) is 1. The smallest absolute Gasteiger partial charge is 0.253 e. The molecule has 0 radical (unpaired) electrons. The molecule has 6 heteroatoms. The Kier molecular flexibility index (Phi) is 5.59. The zero-order valence-electron chi connectivity index (χ0n) is 16.6. The van der Waals surface area contributed by atoms with Crippen molar-refractivity contribution in [3.8, 4) is 39.7 Å². The topological polar surface area (TPSA) is 82.2 Å². The summed E-state index contributed by atoms with van der Waals surface area (Å²) >= 11 is 0. The van der Waals surface area contributed by atoms with Crippen LogP contribution in [0.1, 0.15) is 0 Å². The molecule has 0 aliphatic carbocycles. The summed E-state index contributed by atoms with van der Waals surface area (Å²) in [6.45, 7) is 0.0436. The fraction of sp³-hybridized carbons (Fsp3) is 0.0833.